The van der Waals surface area contributed by atoms with E-state index in [1.54, 1.807) is 30.3 Å². The summed E-state index contributed by atoms with van der Waals surface area (Å²) in [7, 11) is 0. The molecular weight excluding hydrogens is 500 g/mol. The fraction of sp³-hybridized carbons (Fsp3) is 0.160. The number of fused-ring (bicyclic) bond motifs is 1. The van der Waals surface area contributed by atoms with E-state index in [2.05, 4.69) is 20.6 Å². The highest BCUT2D eigenvalue weighted by Crippen LogP contribution is 2.32. The van der Waals surface area contributed by atoms with Crippen molar-refractivity contribution in [2.75, 3.05) is 23.3 Å². The molecule has 11 heteroatoms. The molecule has 0 unspecified atom stereocenters. The standard InChI is InChI=1S/C25H21ClN6O3S/c26-18-9-8-16(14-17(18)23-28-19-5-1-2-6-20(19)29-23)27-25(36)30-24(33)15-7-10-21(22(13-15)32(34)35)31-11-3-4-12-31/h1-2,5-10,13-14H,3-4,11-12H2,(H,28,29)(H2,27,30,33,36). The fourth-order valence-electron chi connectivity index (χ4n) is 4.24. The van der Waals surface area contributed by atoms with Gasteiger partial charge in [-0.15, -0.1) is 0 Å². The number of para-hydroxylation sites is 2. The van der Waals surface area contributed by atoms with Gasteiger partial charge in [0.1, 0.15) is 11.5 Å². The lowest BCUT2D eigenvalue weighted by Gasteiger charge is -2.18. The van der Waals surface area contributed by atoms with Gasteiger partial charge in [-0.25, -0.2) is 4.98 Å². The van der Waals surface area contributed by atoms with Crippen molar-refractivity contribution in [3.8, 4) is 11.4 Å². The van der Waals surface area contributed by atoms with Gasteiger partial charge < -0.3 is 15.2 Å². The fourth-order valence-corrected chi connectivity index (χ4v) is 4.66. The minimum Gasteiger partial charge on any atom is -0.366 e. The molecule has 1 saturated heterocycles. The molecule has 3 N–H and O–H groups in total. The van der Waals surface area contributed by atoms with E-state index >= 15 is 0 Å². The highest BCUT2D eigenvalue weighted by atomic mass is 35.5. The summed E-state index contributed by atoms with van der Waals surface area (Å²) >= 11 is 11.7. The molecule has 9 nitrogen and oxygen atoms in total. The summed E-state index contributed by atoms with van der Waals surface area (Å²) < 4.78 is 0. The molecular formula is C25H21ClN6O3S. The van der Waals surface area contributed by atoms with Crippen molar-refractivity contribution >= 4 is 62.9 Å². The van der Waals surface area contributed by atoms with Gasteiger partial charge in [0.15, 0.2) is 5.11 Å². The Kier molecular flexibility index (Phi) is 6.53. The number of H-pyrrole nitrogens is 1. The third kappa shape index (κ3) is 4.86. The summed E-state index contributed by atoms with van der Waals surface area (Å²) in [5.41, 5.74) is 3.53. The number of carbonyl (C=O) groups is 1. The van der Waals surface area contributed by atoms with Crippen molar-refractivity contribution in [1.82, 2.24) is 15.3 Å². The monoisotopic (exact) mass is 520 g/mol. The molecule has 0 bridgehead atoms. The third-order valence-electron chi connectivity index (χ3n) is 5.98. The number of nitrogens with one attached hydrogen (secondary N) is 3. The molecule has 0 atom stereocenters. The SMILES string of the molecule is O=C(NC(=S)Nc1ccc(Cl)c(-c2nc3ccccc3[nH]2)c1)c1ccc(N2CCCC2)c([N+](=O)[O-])c1. The van der Waals surface area contributed by atoms with Crippen LogP contribution in [0.25, 0.3) is 22.4 Å². The molecule has 4 aromatic rings. The minimum absolute atomic E-state index is 0.0455. The number of halogens is 1. The Labute approximate surface area is 216 Å². The number of nitro groups is 1. The molecule has 5 rings (SSSR count). The first-order chi connectivity index (χ1) is 17.4. The minimum atomic E-state index is -0.546. The molecule has 182 valence electrons. The number of benzene rings is 3. The van der Waals surface area contributed by atoms with Crippen LogP contribution in [0.2, 0.25) is 5.02 Å². The number of hydrogen-bond donors (Lipinski definition) is 3. The highest BCUT2D eigenvalue weighted by Gasteiger charge is 2.24. The zero-order valence-corrected chi connectivity index (χ0v) is 20.5. The van der Waals surface area contributed by atoms with E-state index in [0.717, 1.165) is 37.0 Å². The molecule has 0 aliphatic carbocycles. The third-order valence-corrected chi connectivity index (χ3v) is 6.51. The van der Waals surface area contributed by atoms with Gasteiger partial charge in [-0.05, 0) is 67.5 Å². The second kappa shape index (κ2) is 9.92. The van der Waals surface area contributed by atoms with Crippen molar-refractivity contribution in [2.45, 2.75) is 12.8 Å². The Balaban J connectivity index is 1.31. The van der Waals surface area contributed by atoms with E-state index in [1.165, 1.54) is 6.07 Å². The summed E-state index contributed by atoms with van der Waals surface area (Å²) in [5.74, 6) is 0.0558. The number of nitro benzene ring substituents is 1. The van der Waals surface area contributed by atoms with E-state index in [9.17, 15) is 14.9 Å². The van der Waals surface area contributed by atoms with Crippen LogP contribution in [0.4, 0.5) is 17.1 Å². The number of nitrogens with zero attached hydrogens (tertiary/aromatic N) is 3. The first-order valence-electron chi connectivity index (χ1n) is 11.3. The number of aromatic amines is 1. The van der Waals surface area contributed by atoms with Crippen LogP contribution in [0.1, 0.15) is 23.2 Å². The quantitative estimate of drug-likeness (QED) is 0.180. The van der Waals surface area contributed by atoms with Gasteiger partial charge in [-0.2, -0.15) is 0 Å². The zero-order chi connectivity index (χ0) is 25.2. The number of imidazole rings is 1. The Hall–Kier alpha value is -4.02. The molecule has 1 aliphatic rings. The van der Waals surface area contributed by atoms with Crippen LogP contribution in [-0.4, -0.2) is 39.0 Å². The molecule has 0 spiro atoms. The van der Waals surface area contributed by atoms with E-state index in [1.807, 2.05) is 29.2 Å². The molecule has 1 aromatic heterocycles. The zero-order valence-electron chi connectivity index (χ0n) is 19.0. The maximum atomic E-state index is 12.8. The first-order valence-corrected chi connectivity index (χ1v) is 12.1. The van der Waals surface area contributed by atoms with Crippen LogP contribution in [0.5, 0.6) is 0 Å². The Morgan fingerprint density at radius 1 is 1.11 bits per heavy atom. The van der Waals surface area contributed by atoms with Gasteiger partial charge >= 0.3 is 0 Å². The molecule has 0 radical (unpaired) electrons. The number of aromatic nitrogens is 2. The molecule has 1 amide bonds. The van der Waals surface area contributed by atoms with E-state index < -0.39 is 10.8 Å². The van der Waals surface area contributed by atoms with Gasteiger partial charge in [0, 0.05) is 36.0 Å². The number of rotatable bonds is 5. The Morgan fingerprint density at radius 2 is 1.89 bits per heavy atom. The molecule has 1 aliphatic heterocycles. The lowest BCUT2D eigenvalue weighted by atomic mass is 10.1. The number of amides is 1. The number of anilines is 2. The van der Waals surface area contributed by atoms with Crippen molar-refractivity contribution in [3.05, 3.63) is 81.4 Å². The van der Waals surface area contributed by atoms with Crippen LogP contribution < -0.4 is 15.5 Å². The second-order valence-electron chi connectivity index (χ2n) is 8.36. The largest absolute Gasteiger partial charge is 0.366 e. The maximum Gasteiger partial charge on any atom is 0.293 e. The summed E-state index contributed by atoms with van der Waals surface area (Å²) in [6, 6.07) is 17.3. The van der Waals surface area contributed by atoms with Crippen LogP contribution in [0.3, 0.4) is 0 Å². The average Bonchev–Trinajstić information content (AvgIpc) is 3.55. The van der Waals surface area contributed by atoms with Crippen LogP contribution in [0.15, 0.2) is 60.7 Å². The van der Waals surface area contributed by atoms with E-state index in [4.69, 9.17) is 23.8 Å². The van der Waals surface area contributed by atoms with E-state index in [0.29, 0.717) is 27.8 Å². The van der Waals surface area contributed by atoms with Crippen LogP contribution in [-0.2, 0) is 0 Å². The molecule has 1 fully saturated rings. The van der Waals surface area contributed by atoms with Crippen LogP contribution >= 0.6 is 23.8 Å². The Morgan fingerprint density at radius 3 is 2.64 bits per heavy atom. The predicted molar refractivity (Wildman–Crippen MR) is 145 cm³/mol. The Bertz CT molecular complexity index is 1470. The van der Waals surface area contributed by atoms with Crippen molar-refractivity contribution in [1.29, 1.82) is 0 Å². The summed E-state index contributed by atoms with van der Waals surface area (Å²) in [5, 5.41) is 17.7. The number of carbonyl (C=O) groups excluding carboxylic acids is 1. The molecule has 2 heterocycles. The topological polar surface area (TPSA) is 116 Å². The van der Waals surface area contributed by atoms with E-state index in [-0.39, 0.29) is 16.4 Å². The van der Waals surface area contributed by atoms with Crippen molar-refractivity contribution in [2.24, 2.45) is 0 Å². The normalized spacial score (nSPS) is 13.1. The summed E-state index contributed by atoms with van der Waals surface area (Å²) in [6.45, 7) is 1.52. The smallest absolute Gasteiger partial charge is 0.293 e. The van der Waals surface area contributed by atoms with Gasteiger partial charge in [-0.3, -0.25) is 20.2 Å². The lowest BCUT2D eigenvalue weighted by molar-refractivity contribution is -0.384. The van der Waals surface area contributed by atoms with Gasteiger partial charge in [0.05, 0.1) is 21.0 Å². The van der Waals surface area contributed by atoms with Crippen molar-refractivity contribution in [3.63, 3.8) is 0 Å². The predicted octanol–water partition coefficient (Wildman–Crippen LogP) is 5.52. The highest BCUT2D eigenvalue weighted by molar-refractivity contribution is 7.80. The van der Waals surface area contributed by atoms with Gasteiger partial charge in [0.25, 0.3) is 11.6 Å². The van der Waals surface area contributed by atoms with Crippen molar-refractivity contribution < 1.29 is 9.72 Å². The number of thiocarbonyl (C=S) groups is 1. The van der Waals surface area contributed by atoms with Crippen LogP contribution in [0, 0.1) is 10.1 Å². The molecule has 0 saturated carbocycles. The first kappa shape index (κ1) is 23.7. The van der Waals surface area contributed by atoms with Gasteiger partial charge in [-0.1, -0.05) is 23.7 Å². The lowest BCUT2D eigenvalue weighted by Crippen LogP contribution is -2.34. The molecule has 36 heavy (non-hydrogen) atoms. The summed E-state index contributed by atoms with van der Waals surface area (Å²) in [4.78, 5) is 33.7. The second-order valence-corrected chi connectivity index (χ2v) is 9.18. The maximum absolute atomic E-state index is 12.8. The van der Waals surface area contributed by atoms with Gasteiger partial charge in [0.2, 0.25) is 0 Å². The average molecular weight is 521 g/mol. The summed E-state index contributed by atoms with van der Waals surface area (Å²) in [6.07, 6.45) is 1.98. The molecule has 3 aromatic carbocycles. The number of hydrogen-bond acceptors (Lipinski definition) is 6.